The van der Waals surface area contributed by atoms with Gasteiger partial charge in [0.05, 0.1) is 17.9 Å². The van der Waals surface area contributed by atoms with Gasteiger partial charge in [0.25, 0.3) is 0 Å². The molecule has 2 fully saturated rings. The molecule has 0 aromatic rings. The van der Waals surface area contributed by atoms with Gasteiger partial charge in [0.15, 0.2) is 0 Å². The molecule has 0 aliphatic heterocycles. The quantitative estimate of drug-likeness (QED) is 0.825. The normalized spacial score (nSPS) is 36.0. The number of rotatable bonds is 4. The molecule has 2 N–H and O–H groups in total. The molecule has 0 aromatic heterocycles. The van der Waals surface area contributed by atoms with Crippen molar-refractivity contribution in [3.05, 3.63) is 0 Å². The Balaban J connectivity index is 1.96. The Morgan fingerprint density at radius 1 is 1.20 bits per heavy atom. The van der Waals surface area contributed by atoms with E-state index in [9.17, 15) is 14.7 Å². The van der Waals surface area contributed by atoms with E-state index in [-0.39, 0.29) is 29.4 Å². The van der Waals surface area contributed by atoms with Crippen molar-refractivity contribution in [3.63, 3.8) is 0 Å². The second-order valence-corrected chi connectivity index (χ2v) is 6.68. The van der Waals surface area contributed by atoms with Crippen molar-refractivity contribution in [3.8, 4) is 0 Å². The third-order valence-electron chi connectivity index (χ3n) is 5.20. The highest BCUT2D eigenvalue weighted by atomic mass is 16.5. The highest BCUT2D eigenvalue weighted by molar-refractivity contribution is 5.85. The van der Waals surface area contributed by atoms with E-state index in [0.29, 0.717) is 12.8 Å². The van der Waals surface area contributed by atoms with Crippen LogP contribution in [-0.2, 0) is 14.3 Å². The largest absolute Gasteiger partial charge is 0.481 e. The average Bonchev–Trinajstić information content (AvgIpc) is 2.42. The second kappa shape index (κ2) is 5.72. The number of carboxylic acid groups (broad SMARTS) is 1. The molecule has 0 heterocycles. The van der Waals surface area contributed by atoms with E-state index in [1.54, 1.807) is 7.11 Å². The van der Waals surface area contributed by atoms with Gasteiger partial charge in [-0.05, 0) is 19.3 Å². The van der Waals surface area contributed by atoms with E-state index in [0.717, 1.165) is 19.3 Å². The maximum absolute atomic E-state index is 12.4. The zero-order chi connectivity index (χ0) is 14.9. The summed E-state index contributed by atoms with van der Waals surface area (Å²) in [5.74, 6) is -1.83. The lowest BCUT2D eigenvalue weighted by atomic mass is 9.64. The monoisotopic (exact) mass is 283 g/mol. The second-order valence-electron chi connectivity index (χ2n) is 6.68. The van der Waals surface area contributed by atoms with Gasteiger partial charge >= 0.3 is 5.97 Å². The number of hydrogen-bond acceptors (Lipinski definition) is 3. The third kappa shape index (κ3) is 2.68. The van der Waals surface area contributed by atoms with E-state index >= 15 is 0 Å². The van der Waals surface area contributed by atoms with E-state index < -0.39 is 11.9 Å². The fourth-order valence-electron chi connectivity index (χ4n) is 3.55. The fourth-order valence-corrected chi connectivity index (χ4v) is 3.55. The summed E-state index contributed by atoms with van der Waals surface area (Å²) in [5.41, 5.74) is -0.0855. The summed E-state index contributed by atoms with van der Waals surface area (Å²) in [6.07, 6.45) is 4.11. The summed E-state index contributed by atoms with van der Waals surface area (Å²) in [5, 5.41) is 12.3. The number of carboxylic acids is 1. The number of aliphatic carboxylic acids is 1. The van der Waals surface area contributed by atoms with Gasteiger partial charge in [0.2, 0.25) is 5.91 Å². The first-order chi connectivity index (χ1) is 9.37. The zero-order valence-electron chi connectivity index (χ0n) is 12.5. The van der Waals surface area contributed by atoms with Crippen LogP contribution >= 0.6 is 0 Å². The Labute approximate surface area is 120 Å². The van der Waals surface area contributed by atoms with Crippen LogP contribution in [0.4, 0.5) is 0 Å². The van der Waals surface area contributed by atoms with Crippen LogP contribution in [0.3, 0.4) is 0 Å². The van der Waals surface area contributed by atoms with Crippen molar-refractivity contribution in [2.75, 3.05) is 7.11 Å². The van der Waals surface area contributed by atoms with E-state index in [1.807, 2.05) is 0 Å². The molecule has 0 bridgehead atoms. The molecule has 0 saturated heterocycles. The summed E-state index contributed by atoms with van der Waals surface area (Å²) in [4.78, 5) is 23.6. The highest BCUT2D eigenvalue weighted by Gasteiger charge is 2.50. The van der Waals surface area contributed by atoms with Crippen molar-refractivity contribution in [2.24, 2.45) is 17.3 Å². The standard InChI is InChI=1S/C15H25NO4/c1-15(2)11(8-12(15)20-3)16-13(17)9-6-4-5-7-10(9)14(18)19/h9-12H,4-8H2,1-3H3,(H,16,17)(H,18,19)/t9-,10+,11?,12?/m1/s1. The van der Waals surface area contributed by atoms with Gasteiger partial charge in [0, 0.05) is 18.6 Å². The minimum absolute atomic E-state index is 0.0799. The lowest BCUT2D eigenvalue weighted by molar-refractivity contribution is -0.151. The molecule has 4 atom stereocenters. The molecular weight excluding hydrogens is 258 g/mol. The van der Waals surface area contributed by atoms with Crippen LogP contribution in [0, 0.1) is 17.3 Å². The summed E-state index contributed by atoms with van der Waals surface area (Å²) in [6.45, 7) is 4.15. The number of methoxy groups -OCH3 is 1. The average molecular weight is 283 g/mol. The topological polar surface area (TPSA) is 75.6 Å². The van der Waals surface area contributed by atoms with Gasteiger partial charge < -0.3 is 15.2 Å². The van der Waals surface area contributed by atoms with Gasteiger partial charge in [-0.1, -0.05) is 26.7 Å². The van der Waals surface area contributed by atoms with Gasteiger partial charge in [-0.15, -0.1) is 0 Å². The SMILES string of the molecule is COC1CC(NC(=O)[C@@H]2CCCC[C@@H]2C(=O)O)C1(C)C. The van der Waals surface area contributed by atoms with Crippen LogP contribution in [0.1, 0.15) is 46.0 Å². The minimum atomic E-state index is -0.840. The first kappa shape index (κ1) is 15.3. The van der Waals surface area contributed by atoms with Crippen molar-refractivity contribution < 1.29 is 19.4 Å². The molecule has 114 valence electrons. The number of amides is 1. The van der Waals surface area contributed by atoms with Crippen LogP contribution in [0.25, 0.3) is 0 Å². The molecule has 20 heavy (non-hydrogen) atoms. The van der Waals surface area contributed by atoms with Crippen LogP contribution < -0.4 is 5.32 Å². The van der Waals surface area contributed by atoms with Gasteiger partial charge in [-0.3, -0.25) is 9.59 Å². The Bertz CT molecular complexity index is 393. The van der Waals surface area contributed by atoms with E-state index in [4.69, 9.17) is 4.74 Å². The lowest BCUT2D eigenvalue weighted by Crippen LogP contribution is -2.62. The number of carbonyl (C=O) groups excluding carboxylic acids is 1. The van der Waals surface area contributed by atoms with E-state index in [2.05, 4.69) is 19.2 Å². The molecule has 2 aliphatic carbocycles. The molecule has 0 radical (unpaired) electrons. The van der Waals surface area contributed by atoms with Crippen LogP contribution in [0.15, 0.2) is 0 Å². The predicted molar refractivity (Wildman–Crippen MR) is 74.2 cm³/mol. The molecule has 2 unspecified atom stereocenters. The number of nitrogens with one attached hydrogen (secondary N) is 1. The molecule has 5 nitrogen and oxygen atoms in total. The van der Waals surface area contributed by atoms with Crippen molar-refractivity contribution in [1.29, 1.82) is 0 Å². The zero-order valence-corrected chi connectivity index (χ0v) is 12.5. The maximum Gasteiger partial charge on any atom is 0.307 e. The molecule has 2 saturated carbocycles. The highest BCUT2D eigenvalue weighted by Crippen LogP contribution is 2.43. The first-order valence-electron chi connectivity index (χ1n) is 7.44. The Morgan fingerprint density at radius 3 is 2.30 bits per heavy atom. The summed E-state index contributed by atoms with van der Waals surface area (Å²) >= 11 is 0. The third-order valence-corrected chi connectivity index (χ3v) is 5.20. The summed E-state index contributed by atoms with van der Waals surface area (Å²) in [6, 6.07) is 0.0799. The van der Waals surface area contributed by atoms with Crippen molar-refractivity contribution >= 4 is 11.9 Å². The minimum Gasteiger partial charge on any atom is -0.481 e. The molecule has 2 aliphatic rings. The Hall–Kier alpha value is -1.10. The number of carbonyl (C=O) groups is 2. The van der Waals surface area contributed by atoms with Gasteiger partial charge in [-0.25, -0.2) is 0 Å². The van der Waals surface area contributed by atoms with Gasteiger partial charge in [0.1, 0.15) is 0 Å². The molecule has 2 rings (SSSR count). The maximum atomic E-state index is 12.4. The number of ether oxygens (including phenoxy) is 1. The smallest absolute Gasteiger partial charge is 0.307 e. The summed E-state index contributed by atoms with van der Waals surface area (Å²) in [7, 11) is 1.69. The molecule has 5 heteroatoms. The van der Waals surface area contributed by atoms with Crippen LogP contribution in [0.2, 0.25) is 0 Å². The predicted octanol–water partition coefficient (Wildman–Crippen LogP) is 1.81. The Kier molecular flexibility index (Phi) is 4.37. The van der Waals surface area contributed by atoms with E-state index in [1.165, 1.54) is 0 Å². The van der Waals surface area contributed by atoms with Crippen molar-refractivity contribution in [1.82, 2.24) is 5.32 Å². The first-order valence-corrected chi connectivity index (χ1v) is 7.44. The molecule has 0 aromatic carbocycles. The van der Waals surface area contributed by atoms with Crippen molar-refractivity contribution in [2.45, 2.75) is 58.1 Å². The lowest BCUT2D eigenvalue weighted by Gasteiger charge is -2.51. The molecule has 1 amide bonds. The molecule has 0 spiro atoms. The fraction of sp³-hybridized carbons (Fsp3) is 0.867. The Morgan fingerprint density at radius 2 is 1.80 bits per heavy atom. The number of hydrogen-bond donors (Lipinski definition) is 2. The molecular formula is C15H25NO4. The summed E-state index contributed by atoms with van der Waals surface area (Å²) < 4.78 is 5.37. The van der Waals surface area contributed by atoms with Crippen LogP contribution in [-0.4, -0.2) is 36.2 Å². The van der Waals surface area contributed by atoms with Gasteiger partial charge in [-0.2, -0.15) is 0 Å². The van der Waals surface area contributed by atoms with Crippen LogP contribution in [0.5, 0.6) is 0 Å².